The fourth-order valence-electron chi connectivity index (χ4n) is 5.19. The van der Waals surface area contributed by atoms with Crippen LogP contribution in [0.1, 0.15) is 52.4 Å². The monoisotopic (exact) mass is 256 g/mol. The first-order valence-electron chi connectivity index (χ1n) is 7.81. The van der Waals surface area contributed by atoms with E-state index in [1.165, 1.54) is 49.7 Å². The van der Waals surface area contributed by atoms with Crippen molar-refractivity contribution in [2.75, 3.05) is 0 Å². The molecule has 2 bridgehead atoms. The Morgan fingerprint density at radius 2 is 2.26 bits per heavy atom. The second kappa shape index (κ2) is 3.63. The molecule has 1 saturated heterocycles. The van der Waals surface area contributed by atoms with Gasteiger partial charge in [0.25, 0.3) is 0 Å². The van der Waals surface area contributed by atoms with Crippen molar-refractivity contribution in [3.63, 3.8) is 0 Å². The van der Waals surface area contributed by atoms with Gasteiger partial charge in [0.05, 0.1) is 11.7 Å². The number of hydrogen-bond donors (Lipinski definition) is 0. The first-order chi connectivity index (χ1) is 9.04. The lowest BCUT2D eigenvalue weighted by Crippen LogP contribution is -2.32. The van der Waals surface area contributed by atoms with E-state index < -0.39 is 0 Å². The van der Waals surface area contributed by atoms with Gasteiger partial charge in [-0.15, -0.1) is 0 Å². The molecule has 4 rings (SSSR count). The molecule has 1 nitrogen and oxygen atoms in total. The molecule has 4 atom stereocenters. The Bertz CT molecular complexity index is 512. The van der Waals surface area contributed by atoms with Crippen LogP contribution in [0, 0.1) is 11.3 Å². The van der Waals surface area contributed by atoms with Crippen LogP contribution in [-0.2, 0) is 4.74 Å². The molecule has 2 fully saturated rings. The van der Waals surface area contributed by atoms with Gasteiger partial charge in [0, 0.05) is 0 Å². The quantitative estimate of drug-likeness (QED) is 0.625. The molecule has 0 radical (unpaired) electrons. The molecular weight excluding hydrogens is 232 g/mol. The fourth-order valence-corrected chi connectivity index (χ4v) is 5.19. The predicted octanol–water partition coefficient (Wildman–Crippen LogP) is 4.56. The van der Waals surface area contributed by atoms with E-state index >= 15 is 0 Å². The van der Waals surface area contributed by atoms with Crippen LogP contribution in [0.4, 0.5) is 0 Å². The average Bonchev–Trinajstić information content (AvgIpc) is 2.99. The Labute approximate surface area is 116 Å². The van der Waals surface area contributed by atoms with Gasteiger partial charge >= 0.3 is 0 Å². The Morgan fingerprint density at radius 3 is 3.05 bits per heavy atom. The van der Waals surface area contributed by atoms with Crippen LogP contribution < -0.4 is 0 Å². The summed E-state index contributed by atoms with van der Waals surface area (Å²) < 4.78 is 6.58. The Morgan fingerprint density at radius 1 is 1.42 bits per heavy atom. The van der Waals surface area contributed by atoms with Crippen molar-refractivity contribution in [3.05, 3.63) is 35.5 Å². The third kappa shape index (κ3) is 1.45. The van der Waals surface area contributed by atoms with E-state index in [-0.39, 0.29) is 11.7 Å². The van der Waals surface area contributed by atoms with Crippen molar-refractivity contribution in [3.8, 4) is 0 Å². The lowest BCUT2D eigenvalue weighted by atomic mass is 9.70. The normalized spacial score (nSPS) is 47.3. The third-order valence-corrected chi connectivity index (χ3v) is 6.11. The SMILES string of the molecule is C=C(C)C1=C2C3C=C[C@]4(CCC[C@H]4C[C@@]2(C)CC1)O3. The van der Waals surface area contributed by atoms with Gasteiger partial charge in [0.1, 0.15) is 0 Å². The van der Waals surface area contributed by atoms with Crippen molar-refractivity contribution in [1.29, 1.82) is 0 Å². The molecule has 2 aliphatic carbocycles. The van der Waals surface area contributed by atoms with Crippen LogP contribution in [0.3, 0.4) is 0 Å². The van der Waals surface area contributed by atoms with Crippen molar-refractivity contribution in [2.45, 2.75) is 64.1 Å². The summed E-state index contributed by atoms with van der Waals surface area (Å²) in [5, 5.41) is 0. The second-order valence-corrected chi connectivity index (χ2v) is 7.38. The van der Waals surface area contributed by atoms with Crippen LogP contribution in [0.15, 0.2) is 35.5 Å². The molecule has 2 aliphatic heterocycles. The molecule has 1 spiro atoms. The lowest BCUT2D eigenvalue weighted by molar-refractivity contribution is -0.0270. The van der Waals surface area contributed by atoms with Gasteiger partial charge in [-0.05, 0) is 67.9 Å². The van der Waals surface area contributed by atoms with E-state index in [0.29, 0.717) is 5.41 Å². The van der Waals surface area contributed by atoms with Gasteiger partial charge in [-0.3, -0.25) is 0 Å². The zero-order valence-electron chi connectivity index (χ0n) is 12.2. The minimum Gasteiger partial charge on any atom is -0.359 e. The minimum atomic E-state index is 0.0885. The highest BCUT2D eigenvalue weighted by Crippen LogP contribution is 2.60. The van der Waals surface area contributed by atoms with Gasteiger partial charge < -0.3 is 4.74 Å². The molecule has 0 aromatic carbocycles. The van der Waals surface area contributed by atoms with Crippen LogP contribution >= 0.6 is 0 Å². The highest BCUT2D eigenvalue weighted by atomic mass is 16.5. The van der Waals surface area contributed by atoms with Crippen LogP contribution in [0.2, 0.25) is 0 Å². The summed E-state index contributed by atoms with van der Waals surface area (Å²) in [5.74, 6) is 0.737. The average molecular weight is 256 g/mol. The summed E-state index contributed by atoms with van der Waals surface area (Å²) >= 11 is 0. The Balaban J connectivity index is 1.86. The van der Waals surface area contributed by atoms with E-state index in [2.05, 4.69) is 32.6 Å². The molecule has 1 saturated carbocycles. The van der Waals surface area contributed by atoms with Gasteiger partial charge in [-0.1, -0.05) is 31.2 Å². The van der Waals surface area contributed by atoms with E-state index in [1.54, 1.807) is 5.57 Å². The summed E-state index contributed by atoms with van der Waals surface area (Å²) in [5.41, 5.74) is 4.78. The Kier molecular flexibility index (Phi) is 2.29. The number of hydrogen-bond acceptors (Lipinski definition) is 1. The zero-order valence-corrected chi connectivity index (χ0v) is 12.2. The standard InChI is InChI=1S/C18H24O/c1-12(2)14-6-9-17(3)11-13-5-4-8-18(13)10-7-15(19-18)16(14)17/h7,10,13,15H,1,4-6,8-9,11H2,2-3H3/t13-,15?,17+,18-/m0/s1. The van der Waals surface area contributed by atoms with E-state index in [4.69, 9.17) is 4.74 Å². The van der Waals surface area contributed by atoms with Crippen molar-refractivity contribution in [1.82, 2.24) is 0 Å². The molecule has 0 aromatic heterocycles. The maximum Gasteiger partial charge on any atom is 0.0990 e. The van der Waals surface area contributed by atoms with Gasteiger partial charge in [0.15, 0.2) is 0 Å². The highest BCUT2D eigenvalue weighted by Gasteiger charge is 2.55. The molecular formula is C18H24O. The van der Waals surface area contributed by atoms with Crippen molar-refractivity contribution in [2.24, 2.45) is 11.3 Å². The van der Waals surface area contributed by atoms with Gasteiger partial charge in [-0.2, -0.15) is 0 Å². The summed E-state index contributed by atoms with van der Waals surface area (Å²) in [6, 6.07) is 0. The topological polar surface area (TPSA) is 9.23 Å². The summed E-state index contributed by atoms with van der Waals surface area (Å²) in [6.07, 6.45) is 12.7. The van der Waals surface area contributed by atoms with Crippen molar-refractivity contribution < 1.29 is 4.74 Å². The number of fused-ring (bicyclic) bond motifs is 3. The molecule has 19 heavy (non-hydrogen) atoms. The van der Waals surface area contributed by atoms with Gasteiger partial charge in [-0.25, -0.2) is 0 Å². The second-order valence-electron chi connectivity index (χ2n) is 7.38. The zero-order chi connectivity index (χ0) is 13.3. The molecule has 4 aliphatic rings. The molecule has 1 unspecified atom stereocenters. The summed E-state index contributed by atoms with van der Waals surface area (Å²) in [4.78, 5) is 0. The van der Waals surface area contributed by atoms with E-state index in [0.717, 1.165) is 5.92 Å². The predicted molar refractivity (Wildman–Crippen MR) is 77.9 cm³/mol. The lowest BCUT2D eigenvalue weighted by Gasteiger charge is -2.33. The molecule has 0 aromatic rings. The maximum absolute atomic E-state index is 6.58. The largest absolute Gasteiger partial charge is 0.359 e. The fraction of sp³-hybridized carbons (Fsp3) is 0.667. The van der Waals surface area contributed by atoms with E-state index in [9.17, 15) is 0 Å². The first kappa shape index (κ1) is 12.0. The maximum atomic E-state index is 6.58. The number of allylic oxidation sites excluding steroid dienone is 2. The van der Waals surface area contributed by atoms with E-state index in [1.807, 2.05) is 0 Å². The smallest absolute Gasteiger partial charge is 0.0990 e. The number of ether oxygens (including phenoxy) is 1. The van der Waals surface area contributed by atoms with Crippen molar-refractivity contribution >= 4 is 0 Å². The summed E-state index contributed by atoms with van der Waals surface area (Å²) in [7, 11) is 0. The first-order valence-corrected chi connectivity index (χ1v) is 7.81. The molecule has 0 N–H and O–H groups in total. The van der Waals surface area contributed by atoms with Gasteiger partial charge in [0.2, 0.25) is 0 Å². The van der Waals surface area contributed by atoms with Crippen LogP contribution in [0.5, 0.6) is 0 Å². The molecule has 1 heteroatoms. The summed E-state index contributed by atoms with van der Waals surface area (Å²) in [6.45, 7) is 8.84. The molecule has 2 heterocycles. The minimum absolute atomic E-state index is 0.0885. The molecule has 102 valence electrons. The number of rotatable bonds is 1. The Hall–Kier alpha value is -0.820. The van der Waals surface area contributed by atoms with Crippen LogP contribution in [0.25, 0.3) is 0 Å². The highest BCUT2D eigenvalue weighted by molar-refractivity contribution is 5.46. The third-order valence-electron chi connectivity index (χ3n) is 6.11. The molecule has 0 amide bonds. The van der Waals surface area contributed by atoms with Crippen LogP contribution in [-0.4, -0.2) is 11.7 Å².